The largest absolute Gasteiger partial charge is 0.352 e. The summed E-state index contributed by atoms with van der Waals surface area (Å²) in [6, 6.07) is 9.88. The predicted molar refractivity (Wildman–Crippen MR) is 147 cm³/mol. The predicted octanol–water partition coefficient (Wildman–Crippen LogP) is 4.19. The first-order valence-corrected chi connectivity index (χ1v) is 14.7. The maximum atomic E-state index is 13.8. The lowest BCUT2D eigenvalue weighted by atomic mass is 10.1. The van der Waals surface area contributed by atoms with E-state index in [0.29, 0.717) is 22.6 Å². The molecule has 0 aliphatic heterocycles. The van der Waals surface area contributed by atoms with Gasteiger partial charge in [-0.05, 0) is 49.4 Å². The SMILES string of the molecule is CC[C@H](C(=O)NC1CCCC1)N(Cc1ccc(Cl)cc1)C(=O)CN(c1cc([N+](=O)[O-])ccc1C)S(C)(=O)=O. The van der Waals surface area contributed by atoms with Crippen molar-refractivity contribution in [3.8, 4) is 0 Å². The van der Waals surface area contributed by atoms with Gasteiger partial charge < -0.3 is 10.2 Å². The third-order valence-corrected chi connectivity index (χ3v) is 8.08. The van der Waals surface area contributed by atoms with Crippen LogP contribution in [0.3, 0.4) is 0 Å². The fraction of sp³-hybridized carbons (Fsp3) is 0.462. The van der Waals surface area contributed by atoms with Crippen LogP contribution in [-0.4, -0.2) is 54.9 Å². The number of aryl methyl sites for hydroxylation is 1. The zero-order valence-corrected chi connectivity index (χ0v) is 23.3. The molecule has 1 aliphatic carbocycles. The smallest absolute Gasteiger partial charge is 0.271 e. The number of sulfonamides is 1. The number of carbonyl (C=O) groups is 2. The molecule has 1 N–H and O–H groups in total. The molecule has 206 valence electrons. The van der Waals surface area contributed by atoms with Crippen LogP contribution >= 0.6 is 11.6 Å². The number of carbonyl (C=O) groups excluding carboxylic acids is 2. The van der Waals surface area contributed by atoms with Crippen LogP contribution in [0.4, 0.5) is 11.4 Å². The van der Waals surface area contributed by atoms with E-state index < -0.39 is 33.4 Å². The molecule has 0 spiro atoms. The summed E-state index contributed by atoms with van der Waals surface area (Å²) in [5, 5.41) is 14.9. The van der Waals surface area contributed by atoms with Crippen molar-refractivity contribution in [3.63, 3.8) is 0 Å². The molecule has 1 saturated carbocycles. The van der Waals surface area contributed by atoms with E-state index in [2.05, 4.69) is 5.32 Å². The number of hydrogen-bond acceptors (Lipinski definition) is 6. The Morgan fingerprint density at radius 1 is 1.16 bits per heavy atom. The molecule has 2 amide bonds. The number of benzene rings is 2. The van der Waals surface area contributed by atoms with Gasteiger partial charge in [-0.25, -0.2) is 8.42 Å². The number of nitro groups is 1. The molecule has 0 unspecified atom stereocenters. The van der Waals surface area contributed by atoms with Crippen LogP contribution in [0.2, 0.25) is 5.02 Å². The monoisotopic (exact) mass is 564 g/mol. The Labute approximate surface area is 228 Å². The van der Waals surface area contributed by atoms with Crippen molar-refractivity contribution in [2.75, 3.05) is 17.1 Å². The van der Waals surface area contributed by atoms with Gasteiger partial charge in [0.05, 0.1) is 16.9 Å². The fourth-order valence-electron chi connectivity index (χ4n) is 4.65. The number of non-ortho nitro benzene ring substituents is 1. The van der Waals surface area contributed by atoms with Crippen molar-refractivity contribution in [1.82, 2.24) is 10.2 Å². The second-order valence-corrected chi connectivity index (χ2v) is 11.9. The van der Waals surface area contributed by atoms with E-state index in [1.807, 2.05) is 0 Å². The number of nitro benzene ring substituents is 1. The number of amides is 2. The van der Waals surface area contributed by atoms with Crippen molar-refractivity contribution in [3.05, 3.63) is 68.7 Å². The quantitative estimate of drug-likeness (QED) is 0.322. The number of hydrogen-bond donors (Lipinski definition) is 1. The zero-order valence-electron chi connectivity index (χ0n) is 21.7. The Morgan fingerprint density at radius 2 is 1.79 bits per heavy atom. The molecule has 0 aromatic heterocycles. The van der Waals surface area contributed by atoms with Crippen LogP contribution in [0.25, 0.3) is 0 Å². The summed E-state index contributed by atoms with van der Waals surface area (Å²) in [7, 11) is -4.02. The van der Waals surface area contributed by atoms with Gasteiger partial charge in [0.1, 0.15) is 12.6 Å². The van der Waals surface area contributed by atoms with Crippen molar-refractivity contribution < 1.29 is 22.9 Å². The maximum Gasteiger partial charge on any atom is 0.271 e. The highest BCUT2D eigenvalue weighted by molar-refractivity contribution is 7.92. The Hall–Kier alpha value is -3.18. The summed E-state index contributed by atoms with van der Waals surface area (Å²) in [5.74, 6) is -0.899. The second-order valence-electron chi connectivity index (χ2n) is 9.56. The molecule has 0 radical (unpaired) electrons. The van der Waals surface area contributed by atoms with E-state index in [1.54, 1.807) is 38.1 Å². The van der Waals surface area contributed by atoms with E-state index in [0.717, 1.165) is 42.3 Å². The Bertz CT molecular complexity index is 1280. The van der Waals surface area contributed by atoms with Gasteiger partial charge in [-0.15, -0.1) is 0 Å². The van der Waals surface area contributed by atoms with Crippen LogP contribution in [0.15, 0.2) is 42.5 Å². The lowest BCUT2D eigenvalue weighted by Crippen LogP contribution is -2.53. The number of halogens is 1. The van der Waals surface area contributed by atoms with Crippen LogP contribution in [0, 0.1) is 17.0 Å². The molecule has 2 aromatic rings. The Kier molecular flexibility index (Phi) is 9.72. The number of anilines is 1. The maximum absolute atomic E-state index is 13.8. The summed E-state index contributed by atoms with van der Waals surface area (Å²) in [5.41, 5.74) is 0.897. The van der Waals surface area contributed by atoms with E-state index in [4.69, 9.17) is 11.6 Å². The topological polar surface area (TPSA) is 130 Å². The Balaban J connectivity index is 1.97. The molecule has 0 saturated heterocycles. The highest BCUT2D eigenvalue weighted by Gasteiger charge is 2.33. The van der Waals surface area contributed by atoms with E-state index in [1.165, 1.54) is 17.0 Å². The van der Waals surface area contributed by atoms with Gasteiger partial charge in [-0.2, -0.15) is 0 Å². The molecule has 1 aliphatic rings. The number of rotatable bonds is 11. The molecule has 12 heteroatoms. The minimum Gasteiger partial charge on any atom is -0.352 e. The normalized spacial score (nSPS) is 14.6. The molecule has 2 aromatic carbocycles. The van der Waals surface area contributed by atoms with Gasteiger partial charge in [-0.3, -0.25) is 24.0 Å². The first kappa shape index (κ1) is 29.4. The molecule has 0 bridgehead atoms. The van der Waals surface area contributed by atoms with E-state index in [-0.39, 0.29) is 29.9 Å². The van der Waals surface area contributed by atoms with Gasteiger partial charge in [0.15, 0.2) is 0 Å². The average molecular weight is 565 g/mol. The molecule has 0 heterocycles. The minimum atomic E-state index is -4.02. The van der Waals surface area contributed by atoms with Crippen LogP contribution in [0.1, 0.15) is 50.2 Å². The summed E-state index contributed by atoms with van der Waals surface area (Å²) < 4.78 is 26.5. The van der Waals surface area contributed by atoms with Gasteiger partial charge >= 0.3 is 0 Å². The molecule has 38 heavy (non-hydrogen) atoms. The van der Waals surface area contributed by atoms with Crippen molar-refractivity contribution in [2.24, 2.45) is 0 Å². The highest BCUT2D eigenvalue weighted by Crippen LogP contribution is 2.28. The summed E-state index contributed by atoms with van der Waals surface area (Å²) in [6.45, 7) is 2.83. The highest BCUT2D eigenvalue weighted by atomic mass is 35.5. The molecular weight excluding hydrogens is 532 g/mol. The lowest BCUT2D eigenvalue weighted by molar-refractivity contribution is -0.384. The molecule has 1 atom stereocenters. The average Bonchev–Trinajstić information content (AvgIpc) is 3.36. The fourth-order valence-corrected chi connectivity index (χ4v) is 5.67. The van der Waals surface area contributed by atoms with Gasteiger partial charge in [0.2, 0.25) is 21.8 Å². The second kappa shape index (κ2) is 12.6. The van der Waals surface area contributed by atoms with Crippen LogP contribution in [-0.2, 0) is 26.2 Å². The molecule has 3 rings (SSSR count). The third kappa shape index (κ3) is 7.44. The standard InChI is InChI=1S/C26H33ClN4O6S/c1-4-23(26(33)28-21-7-5-6-8-21)29(16-19-10-12-20(27)13-11-19)25(32)17-30(38(3,36)37)24-15-22(31(34)35)14-9-18(24)2/h9-15,21,23H,4-8,16-17H2,1-3H3,(H,28,33)/t23-/m1/s1. The van der Waals surface area contributed by atoms with Gasteiger partial charge in [-0.1, -0.05) is 49.6 Å². The van der Waals surface area contributed by atoms with Crippen molar-refractivity contribution >= 4 is 44.8 Å². The summed E-state index contributed by atoms with van der Waals surface area (Å²) >= 11 is 6.02. The summed E-state index contributed by atoms with van der Waals surface area (Å²) in [4.78, 5) is 39.2. The Morgan fingerprint density at radius 3 is 2.34 bits per heavy atom. The molecule has 1 fully saturated rings. The minimum absolute atomic E-state index is 0.0324. The number of nitrogens with one attached hydrogen (secondary N) is 1. The van der Waals surface area contributed by atoms with Crippen LogP contribution in [0.5, 0.6) is 0 Å². The number of nitrogens with zero attached hydrogens (tertiary/aromatic N) is 3. The van der Waals surface area contributed by atoms with Gasteiger partial charge in [0.25, 0.3) is 5.69 Å². The van der Waals surface area contributed by atoms with Crippen molar-refractivity contribution in [2.45, 2.75) is 64.6 Å². The first-order chi connectivity index (χ1) is 17.9. The summed E-state index contributed by atoms with van der Waals surface area (Å²) in [6.07, 6.45) is 5.06. The van der Waals surface area contributed by atoms with Crippen molar-refractivity contribution in [1.29, 1.82) is 0 Å². The lowest BCUT2D eigenvalue weighted by Gasteiger charge is -2.33. The van der Waals surface area contributed by atoms with Crippen LogP contribution < -0.4 is 9.62 Å². The van der Waals surface area contributed by atoms with Gasteiger partial charge in [0, 0.05) is 29.7 Å². The van der Waals surface area contributed by atoms with E-state index in [9.17, 15) is 28.1 Å². The molecule has 10 nitrogen and oxygen atoms in total. The van der Waals surface area contributed by atoms with E-state index >= 15 is 0 Å². The first-order valence-electron chi connectivity index (χ1n) is 12.5. The zero-order chi connectivity index (χ0) is 28.0. The third-order valence-electron chi connectivity index (χ3n) is 6.71. The molecular formula is C26H33ClN4O6S.